The number of hydrogen-bond donors (Lipinski definition) is 1. The monoisotopic (exact) mass is 499 g/mol. The molecular formula is C23H32IO4+. The van der Waals surface area contributed by atoms with Crippen LogP contribution in [0, 0.1) is 7.14 Å². The summed E-state index contributed by atoms with van der Waals surface area (Å²) in [6, 6.07) is 12.1. The third-order valence-electron chi connectivity index (χ3n) is 4.47. The molecule has 0 amide bonds. The summed E-state index contributed by atoms with van der Waals surface area (Å²) in [5.74, 6) is 2.48. The van der Waals surface area contributed by atoms with E-state index in [4.69, 9.17) is 14.2 Å². The van der Waals surface area contributed by atoms with E-state index in [-0.39, 0.29) is 6.61 Å². The molecule has 0 aliphatic heterocycles. The third-order valence-corrected chi connectivity index (χ3v) is 7.42. The van der Waals surface area contributed by atoms with Gasteiger partial charge in [0, 0.05) is 0 Å². The van der Waals surface area contributed by atoms with Crippen molar-refractivity contribution in [1.82, 2.24) is 0 Å². The molecule has 0 aliphatic rings. The molecule has 0 heterocycles. The zero-order chi connectivity index (χ0) is 20.2. The molecule has 0 bridgehead atoms. The lowest BCUT2D eigenvalue weighted by Crippen LogP contribution is -3.61. The smallest absolute Gasteiger partial charge is 0.366 e. The number of benzene rings is 2. The van der Waals surface area contributed by atoms with Gasteiger partial charge in [-0.25, -0.2) is 0 Å². The van der Waals surface area contributed by atoms with Crippen LogP contribution in [0.15, 0.2) is 36.4 Å². The fourth-order valence-corrected chi connectivity index (χ4v) is 5.51. The molecule has 0 atom stereocenters. The number of hydrogen-bond acceptors (Lipinski definition) is 4. The summed E-state index contributed by atoms with van der Waals surface area (Å²) in [5.41, 5.74) is 0.792. The van der Waals surface area contributed by atoms with Gasteiger partial charge in [-0.3, -0.25) is 0 Å². The molecule has 0 aliphatic carbocycles. The first kappa shape index (κ1) is 22.8. The van der Waals surface area contributed by atoms with Crippen molar-refractivity contribution >= 4 is 0 Å². The summed E-state index contributed by atoms with van der Waals surface area (Å²) in [6.45, 7) is 2.99. The predicted octanol–water partition coefficient (Wildman–Crippen LogP) is 2.06. The molecule has 0 aromatic heterocycles. The molecule has 0 radical (unpaired) electrons. The van der Waals surface area contributed by atoms with Gasteiger partial charge in [-0.15, -0.1) is 0 Å². The zero-order valence-corrected chi connectivity index (χ0v) is 19.3. The molecule has 28 heavy (non-hydrogen) atoms. The number of halogens is 1. The number of aliphatic hydroxyl groups is 1. The highest BCUT2D eigenvalue weighted by Crippen LogP contribution is 2.23. The van der Waals surface area contributed by atoms with Gasteiger partial charge in [-0.05, 0) is 48.4 Å². The van der Waals surface area contributed by atoms with Gasteiger partial charge in [0.05, 0.1) is 27.4 Å². The molecule has 154 valence electrons. The molecule has 1 N–H and O–H groups in total. The van der Waals surface area contributed by atoms with Crippen LogP contribution in [0.2, 0.25) is 0 Å². The van der Waals surface area contributed by atoms with Crippen molar-refractivity contribution in [3.8, 4) is 17.2 Å². The Balaban J connectivity index is 1.92. The van der Waals surface area contributed by atoms with E-state index in [1.165, 1.54) is 35.7 Å². The first-order chi connectivity index (χ1) is 13.7. The summed E-state index contributed by atoms with van der Waals surface area (Å²) in [7, 11) is 3.31. The quantitative estimate of drug-likeness (QED) is 0.339. The highest BCUT2D eigenvalue weighted by atomic mass is 127. The largest absolute Gasteiger partial charge is 0.494 e. The maximum Gasteiger partial charge on any atom is 0.366 e. The van der Waals surface area contributed by atoms with E-state index >= 15 is 0 Å². The van der Waals surface area contributed by atoms with Crippen LogP contribution >= 0.6 is 0 Å². The minimum atomic E-state index is -0.471. The second kappa shape index (κ2) is 12.9. The van der Waals surface area contributed by atoms with Crippen LogP contribution < -0.4 is 35.4 Å². The van der Waals surface area contributed by atoms with Crippen LogP contribution in [-0.4, -0.2) is 25.9 Å². The van der Waals surface area contributed by atoms with E-state index in [9.17, 15) is 5.11 Å². The number of unbranched alkanes of at least 4 members (excludes halogenated alkanes) is 5. The topological polar surface area (TPSA) is 47.9 Å². The van der Waals surface area contributed by atoms with Crippen molar-refractivity contribution in [3.63, 3.8) is 0 Å². The lowest BCUT2D eigenvalue weighted by Gasteiger charge is -2.08. The number of rotatable bonds is 13. The first-order valence-electron chi connectivity index (χ1n) is 9.95. The minimum Gasteiger partial charge on any atom is -0.494 e. The molecule has 0 fully saturated rings. The summed E-state index contributed by atoms with van der Waals surface area (Å²) in [4.78, 5) is 0. The lowest BCUT2D eigenvalue weighted by molar-refractivity contribution is -0.598. The molecule has 2 aromatic rings. The van der Waals surface area contributed by atoms with E-state index in [1.807, 2.05) is 24.3 Å². The van der Waals surface area contributed by atoms with E-state index in [0.29, 0.717) is 0 Å². The van der Waals surface area contributed by atoms with Crippen LogP contribution in [-0.2, 0) is 6.61 Å². The second-order valence-corrected chi connectivity index (χ2v) is 9.50. The van der Waals surface area contributed by atoms with Gasteiger partial charge in [0.25, 0.3) is 3.57 Å². The van der Waals surface area contributed by atoms with Crippen molar-refractivity contribution in [1.29, 1.82) is 0 Å². The third kappa shape index (κ3) is 7.17. The Morgan fingerprint density at radius 2 is 1.46 bits per heavy atom. The van der Waals surface area contributed by atoms with Crippen molar-refractivity contribution < 1.29 is 40.5 Å². The Hall–Kier alpha value is -1.47. The van der Waals surface area contributed by atoms with Crippen LogP contribution in [0.4, 0.5) is 0 Å². The van der Waals surface area contributed by atoms with Gasteiger partial charge < -0.3 is 19.3 Å². The van der Waals surface area contributed by atoms with Crippen LogP contribution in [0.5, 0.6) is 17.2 Å². The second-order valence-electron chi connectivity index (χ2n) is 6.64. The SMILES string of the molecule is CCCCCCCCOc1ccc([I+]c2c(OC)cc(CO)cc2OC)cc1. The Bertz CT molecular complexity index is 675. The number of ether oxygens (including phenoxy) is 3. The Kier molecular flexibility index (Phi) is 10.5. The summed E-state index contributed by atoms with van der Waals surface area (Å²) in [5, 5.41) is 9.42. The minimum absolute atomic E-state index is 0.0318. The Morgan fingerprint density at radius 1 is 0.857 bits per heavy atom. The van der Waals surface area contributed by atoms with Crippen LogP contribution in [0.1, 0.15) is 51.0 Å². The first-order valence-corrected chi connectivity index (χ1v) is 12.1. The van der Waals surface area contributed by atoms with Gasteiger partial charge in [0.2, 0.25) is 0 Å². The zero-order valence-electron chi connectivity index (χ0n) is 17.2. The summed E-state index contributed by atoms with van der Waals surface area (Å²) < 4.78 is 19.3. The molecule has 2 aromatic carbocycles. The van der Waals surface area contributed by atoms with Crippen LogP contribution in [0.3, 0.4) is 0 Å². The highest BCUT2D eigenvalue weighted by molar-refractivity contribution is 5.37. The Morgan fingerprint density at radius 3 is 2.04 bits per heavy atom. The number of aliphatic hydroxyl groups excluding tert-OH is 1. The van der Waals surface area contributed by atoms with E-state index in [0.717, 1.165) is 39.4 Å². The van der Waals surface area contributed by atoms with Gasteiger partial charge in [0.1, 0.15) is 5.75 Å². The average Bonchev–Trinajstić information content (AvgIpc) is 2.74. The normalized spacial score (nSPS) is 10.7. The molecule has 0 saturated heterocycles. The fraction of sp³-hybridized carbons (Fsp3) is 0.478. The molecule has 0 saturated carbocycles. The van der Waals surface area contributed by atoms with Gasteiger partial charge in [-0.2, -0.15) is 0 Å². The average molecular weight is 499 g/mol. The van der Waals surface area contributed by atoms with Crippen molar-refractivity contribution in [3.05, 3.63) is 49.1 Å². The van der Waals surface area contributed by atoms with Gasteiger partial charge >= 0.3 is 21.2 Å². The predicted molar refractivity (Wildman–Crippen MR) is 108 cm³/mol. The molecular weight excluding hydrogens is 467 g/mol. The summed E-state index contributed by atoms with van der Waals surface area (Å²) in [6.07, 6.45) is 7.62. The van der Waals surface area contributed by atoms with E-state index in [1.54, 1.807) is 14.2 Å². The van der Waals surface area contributed by atoms with E-state index < -0.39 is 21.2 Å². The molecule has 4 nitrogen and oxygen atoms in total. The van der Waals surface area contributed by atoms with Crippen molar-refractivity contribution in [2.75, 3.05) is 20.8 Å². The van der Waals surface area contributed by atoms with Crippen LogP contribution in [0.25, 0.3) is 0 Å². The Labute approximate surface area is 179 Å². The van der Waals surface area contributed by atoms with Gasteiger partial charge in [0.15, 0.2) is 15.1 Å². The maximum absolute atomic E-state index is 9.42. The molecule has 2 rings (SSSR count). The standard InChI is InChI=1S/C23H32IO4/c1-4-5-6-7-8-9-14-28-20-12-10-19(11-13-20)24-23-21(26-2)15-18(17-25)16-22(23)27-3/h10-13,15-16,25H,4-9,14,17H2,1-3H3/q+1. The molecule has 0 unspecified atom stereocenters. The van der Waals surface area contributed by atoms with Gasteiger partial charge in [-0.1, -0.05) is 39.0 Å². The van der Waals surface area contributed by atoms with Crippen molar-refractivity contribution in [2.45, 2.75) is 52.1 Å². The molecule has 0 spiro atoms. The maximum atomic E-state index is 9.42. The summed E-state index contributed by atoms with van der Waals surface area (Å²) >= 11 is -0.471. The van der Waals surface area contributed by atoms with E-state index in [2.05, 4.69) is 19.1 Å². The molecule has 5 heteroatoms. The fourth-order valence-electron chi connectivity index (χ4n) is 2.88. The van der Waals surface area contributed by atoms with Crippen molar-refractivity contribution in [2.24, 2.45) is 0 Å². The lowest BCUT2D eigenvalue weighted by atomic mass is 10.1. The highest BCUT2D eigenvalue weighted by Gasteiger charge is 2.27. The number of methoxy groups -OCH3 is 2.